The standard InChI is InChI=1S/C47H34O9P2/c1-48-47-46(56-58-53-37-24-20-29-12-4-8-16-33(29)42(37)43-34-17-9-5-13-30(34)21-25-38(43)54-58)45-44(39(50-47)26-49-45)55-57-51-35-22-18-27-10-2-6-14-31(27)40(35)41-32-15-7-3-11-28(32)19-23-36(41)52-57/h2-25,39,44-47H,26H2,1H3. The molecule has 0 spiro atoms. The highest BCUT2D eigenvalue weighted by Gasteiger charge is 2.55. The van der Waals surface area contributed by atoms with Gasteiger partial charge in [-0.25, -0.2) is 0 Å². The maximum absolute atomic E-state index is 6.84. The van der Waals surface area contributed by atoms with E-state index in [1.807, 2.05) is 72.8 Å². The van der Waals surface area contributed by atoms with Crippen LogP contribution in [0, 0.1) is 0 Å². The second-order valence-corrected chi connectivity index (χ2v) is 16.7. The topological polar surface area (TPSA) is 98.7 Å². The van der Waals surface area contributed by atoms with Crippen LogP contribution in [0.3, 0.4) is 0 Å². The number of ether oxygens (including phenoxy) is 3. The molecule has 8 aromatic carbocycles. The second kappa shape index (κ2) is 13.8. The Hall–Kier alpha value is -5.60. The third-order valence-electron chi connectivity index (χ3n) is 11.4. The Morgan fingerprint density at radius 3 is 1.19 bits per heavy atom. The molecule has 11 heteroatoms. The fourth-order valence-electron chi connectivity index (χ4n) is 8.82. The molecule has 2 saturated heterocycles. The molecule has 2 aromatic heterocycles. The Morgan fingerprint density at radius 2 is 0.810 bits per heavy atom. The molecular weight excluding hydrogens is 770 g/mol. The van der Waals surface area contributed by atoms with E-state index in [1.54, 1.807) is 7.11 Å². The largest absolute Gasteiger partial charge is 0.399 e. The van der Waals surface area contributed by atoms with E-state index in [1.165, 1.54) is 0 Å². The van der Waals surface area contributed by atoms with Crippen molar-refractivity contribution < 1.29 is 40.0 Å². The van der Waals surface area contributed by atoms with Gasteiger partial charge in [0.25, 0.3) is 0 Å². The van der Waals surface area contributed by atoms with E-state index in [-0.39, 0.29) is 6.61 Å². The molecule has 0 aliphatic carbocycles. The lowest BCUT2D eigenvalue weighted by Gasteiger charge is -2.37. The molecule has 5 unspecified atom stereocenters. The Balaban J connectivity index is 0.990. The van der Waals surface area contributed by atoms with Crippen LogP contribution < -0.4 is 9.05 Å². The average molecular weight is 805 g/mol. The maximum atomic E-state index is 6.84. The summed E-state index contributed by atoms with van der Waals surface area (Å²) >= 11 is 0. The molecule has 5 atom stereocenters. The van der Waals surface area contributed by atoms with Crippen molar-refractivity contribution in [1.29, 1.82) is 0 Å². The Morgan fingerprint density at radius 1 is 0.448 bits per heavy atom. The molecule has 10 aromatic rings. The van der Waals surface area contributed by atoms with E-state index in [0.29, 0.717) is 22.3 Å². The van der Waals surface area contributed by atoms with Gasteiger partial charge in [0.1, 0.15) is 40.6 Å². The minimum atomic E-state index is -2.05. The Bertz CT molecular complexity index is 3150. The summed E-state index contributed by atoms with van der Waals surface area (Å²) < 4.78 is 59.4. The van der Waals surface area contributed by atoms with Crippen molar-refractivity contribution in [3.63, 3.8) is 0 Å². The summed E-state index contributed by atoms with van der Waals surface area (Å²) in [6.07, 6.45) is -3.30. The predicted octanol–water partition coefficient (Wildman–Crippen LogP) is 12.6. The van der Waals surface area contributed by atoms with Gasteiger partial charge in [0.05, 0.1) is 6.61 Å². The van der Waals surface area contributed by atoms with Gasteiger partial charge >= 0.3 is 16.5 Å². The van der Waals surface area contributed by atoms with Crippen LogP contribution in [0.2, 0.25) is 0 Å². The van der Waals surface area contributed by atoms with E-state index >= 15 is 0 Å². The zero-order chi connectivity index (χ0) is 38.3. The smallest absolute Gasteiger partial charge is 0.387 e. The number of rotatable bonds is 5. The molecule has 0 N–H and O–H groups in total. The number of fused-ring (bicyclic) bond motifs is 16. The summed E-state index contributed by atoms with van der Waals surface area (Å²) in [5.74, 6) is 0. The van der Waals surface area contributed by atoms with Crippen molar-refractivity contribution >= 4 is 103 Å². The molecular formula is C47H34O9P2. The van der Waals surface area contributed by atoms with E-state index in [0.717, 1.165) is 64.6 Å². The lowest BCUT2D eigenvalue weighted by atomic mass is 9.99. The molecule has 4 heterocycles. The third kappa shape index (κ3) is 5.51. The van der Waals surface area contributed by atoms with Gasteiger partial charge in [0.2, 0.25) is 0 Å². The van der Waals surface area contributed by atoms with Crippen molar-refractivity contribution in [3.05, 3.63) is 146 Å². The molecule has 0 amide bonds. The molecule has 12 rings (SSSR count). The zero-order valence-electron chi connectivity index (χ0n) is 31.0. The van der Waals surface area contributed by atoms with Gasteiger partial charge in [0, 0.05) is 28.7 Å². The van der Waals surface area contributed by atoms with Crippen LogP contribution in [0.5, 0.6) is 0 Å². The van der Waals surface area contributed by atoms with Crippen LogP contribution >= 0.6 is 16.5 Å². The van der Waals surface area contributed by atoms with Crippen molar-refractivity contribution in [2.75, 3.05) is 13.7 Å². The monoisotopic (exact) mass is 804 g/mol. The lowest BCUT2D eigenvalue weighted by Crippen LogP contribution is -2.57. The molecule has 58 heavy (non-hydrogen) atoms. The SMILES string of the molecule is COC1OC2COC(C2Op2oc3ccc4ccccc4c3c3c(ccc4ccccc43)o2)C1Op1oc2ccc3ccccc3c2c2c(ccc3ccccc32)o1. The van der Waals surface area contributed by atoms with E-state index < -0.39 is 47.2 Å². The minimum absolute atomic E-state index is 0.268. The molecule has 2 bridgehead atoms. The van der Waals surface area contributed by atoms with Crippen LogP contribution in [0.1, 0.15) is 0 Å². The highest BCUT2D eigenvalue weighted by atomic mass is 31.1. The molecule has 0 radical (unpaired) electrons. The minimum Gasteiger partial charge on any atom is -0.399 e. The first kappa shape index (κ1) is 34.4. The molecule has 9 nitrogen and oxygen atoms in total. The summed E-state index contributed by atoms with van der Waals surface area (Å²) in [5, 5.41) is 12.5. The first-order valence-corrected chi connectivity index (χ1v) is 21.4. The summed E-state index contributed by atoms with van der Waals surface area (Å²) in [4.78, 5) is 0. The van der Waals surface area contributed by atoms with E-state index in [2.05, 4.69) is 72.8 Å². The van der Waals surface area contributed by atoms with Crippen molar-refractivity contribution in [2.24, 2.45) is 0 Å². The van der Waals surface area contributed by atoms with Gasteiger partial charge in [0.15, 0.2) is 12.4 Å². The number of methoxy groups -OCH3 is 1. The van der Waals surface area contributed by atoms with Gasteiger partial charge < -0.3 is 31.0 Å². The highest BCUT2D eigenvalue weighted by molar-refractivity contribution is 7.32. The van der Waals surface area contributed by atoms with Crippen molar-refractivity contribution in [2.45, 2.75) is 30.7 Å². The second-order valence-electron chi connectivity index (χ2n) is 14.7. The molecule has 0 saturated carbocycles. The van der Waals surface area contributed by atoms with Gasteiger partial charge in [-0.2, -0.15) is 0 Å². The van der Waals surface area contributed by atoms with Crippen molar-refractivity contribution in [3.8, 4) is 0 Å². The zero-order valence-corrected chi connectivity index (χ0v) is 32.8. The quantitative estimate of drug-likeness (QED) is 0.168. The summed E-state index contributed by atoms with van der Waals surface area (Å²) in [6.45, 7) is 0.268. The molecule has 2 aliphatic heterocycles. The Labute approximate surface area is 332 Å². The molecule has 2 fully saturated rings. The van der Waals surface area contributed by atoms with Crippen LogP contribution in [0.15, 0.2) is 162 Å². The van der Waals surface area contributed by atoms with Crippen LogP contribution in [0.4, 0.5) is 0 Å². The third-order valence-corrected chi connectivity index (χ3v) is 13.7. The lowest BCUT2D eigenvalue weighted by molar-refractivity contribution is -0.232. The van der Waals surface area contributed by atoms with Crippen LogP contribution in [-0.4, -0.2) is 44.4 Å². The van der Waals surface area contributed by atoms with Gasteiger partial charge in [-0.15, -0.1) is 0 Å². The van der Waals surface area contributed by atoms with Gasteiger partial charge in [-0.3, -0.25) is 9.05 Å². The molecule has 286 valence electrons. The summed E-state index contributed by atoms with van der Waals surface area (Å²) in [6, 6.07) is 49.5. The van der Waals surface area contributed by atoms with Gasteiger partial charge in [-0.1, -0.05) is 121 Å². The maximum Gasteiger partial charge on any atom is 0.387 e. The normalized spacial score (nSPS) is 20.7. The predicted molar refractivity (Wildman–Crippen MR) is 229 cm³/mol. The van der Waals surface area contributed by atoms with Crippen LogP contribution in [-0.2, 0) is 14.2 Å². The fraction of sp³-hybridized carbons (Fsp3) is 0.149. The molecule has 2 aliphatic rings. The van der Waals surface area contributed by atoms with E-state index in [4.69, 9.17) is 40.0 Å². The highest BCUT2D eigenvalue weighted by Crippen LogP contribution is 2.46. The number of benzene rings is 8. The fourth-order valence-corrected chi connectivity index (χ4v) is 11.2. The first-order valence-electron chi connectivity index (χ1n) is 19.2. The number of hydrogen-bond acceptors (Lipinski definition) is 9. The van der Waals surface area contributed by atoms with Crippen molar-refractivity contribution in [1.82, 2.24) is 0 Å². The summed E-state index contributed by atoms with van der Waals surface area (Å²) in [7, 11) is -2.45. The Kier molecular flexibility index (Phi) is 8.17. The number of hydrogen-bond donors (Lipinski definition) is 0. The first-order chi connectivity index (χ1) is 28.7. The van der Waals surface area contributed by atoms with Gasteiger partial charge in [-0.05, 0) is 67.4 Å². The summed E-state index contributed by atoms with van der Waals surface area (Å²) in [5.41, 5.74) is 2.66. The average Bonchev–Trinajstić information content (AvgIpc) is 3.38. The van der Waals surface area contributed by atoms with Crippen LogP contribution in [0.25, 0.3) is 87.0 Å². The van der Waals surface area contributed by atoms with E-state index in [9.17, 15) is 0 Å².